The Morgan fingerprint density at radius 3 is 2.56 bits per heavy atom. The number of alkyl halides is 3. The van der Waals surface area contributed by atoms with E-state index < -0.39 is 12.0 Å². The number of aryl methyl sites for hydroxylation is 1. The van der Waals surface area contributed by atoms with Gasteiger partial charge in [0.05, 0.1) is 18.3 Å². The van der Waals surface area contributed by atoms with Crippen molar-refractivity contribution >= 4 is 45.0 Å². The largest absolute Gasteiger partial charge is 0.497 e. The highest BCUT2D eigenvalue weighted by atomic mass is 127. The van der Waals surface area contributed by atoms with Crippen molar-refractivity contribution in [2.45, 2.75) is 13.1 Å². The van der Waals surface area contributed by atoms with Crippen molar-refractivity contribution in [3.8, 4) is 5.75 Å². The highest BCUT2D eigenvalue weighted by Gasteiger charge is 2.38. The van der Waals surface area contributed by atoms with Gasteiger partial charge in [-0.05, 0) is 53.3 Å². The summed E-state index contributed by atoms with van der Waals surface area (Å²) in [5.74, 6) is -0.530. The van der Waals surface area contributed by atoms with E-state index in [4.69, 9.17) is 4.74 Å². The number of ether oxygens (including phenoxy) is 1. The molecule has 0 spiro atoms. The zero-order chi connectivity index (χ0) is 18.2. The van der Waals surface area contributed by atoms with Crippen LogP contribution in [0.5, 0.6) is 5.75 Å². The van der Waals surface area contributed by atoms with Crippen LogP contribution in [-0.4, -0.2) is 23.7 Å². The van der Waals surface area contributed by atoms with Gasteiger partial charge in [0.1, 0.15) is 5.75 Å². The number of fused-ring (bicyclic) bond motifs is 1. The van der Waals surface area contributed by atoms with Gasteiger partial charge in [-0.1, -0.05) is 18.2 Å². The summed E-state index contributed by atoms with van der Waals surface area (Å²) in [7, 11) is 1.46. The zero-order valence-electron chi connectivity index (χ0n) is 13.4. The molecule has 1 heterocycles. The van der Waals surface area contributed by atoms with E-state index in [-0.39, 0.29) is 5.69 Å². The number of aromatic nitrogens is 1. The first-order valence-electron chi connectivity index (χ1n) is 7.37. The lowest BCUT2D eigenvalue weighted by atomic mass is 10.2. The lowest BCUT2D eigenvalue weighted by molar-refractivity contribution is -0.0613. The first-order chi connectivity index (χ1) is 11.8. The number of hydrogen-bond acceptors (Lipinski definition) is 2. The van der Waals surface area contributed by atoms with E-state index in [0.29, 0.717) is 14.8 Å². The fraction of sp³-hybridized carbons (Fsp3) is 0.167. The van der Waals surface area contributed by atoms with Gasteiger partial charge in [0.25, 0.3) is 0 Å². The Labute approximate surface area is 156 Å². The summed E-state index contributed by atoms with van der Waals surface area (Å²) in [4.78, 5) is 3.94. The molecule has 0 aliphatic rings. The van der Waals surface area contributed by atoms with Gasteiger partial charge in [0.2, 0.25) is 5.84 Å². The average Bonchev–Trinajstić information content (AvgIpc) is 2.90. The van der Waals surface area contributed by atoms with E-state index in [2.05, 4.69) is 4.99 Å². The van der Waals surface area contributed by atoms with E-state index in [1.54, 1.807) is 43.3 Å². The number of methoxy groups -OCH3 is 1. The zero-order valence-corrected chi connectivity index (χ0v) is 15.6. The summed E-state index contributed by atoms with van der Waals surface area (Å²) in [6, 6.07) is 11.8. The minimum atomic E-state index is -4.61. The van der Waals surface area contributed by atoms with Gasteiger partial charge in [0.15, 0.2) is 0 Å². The first kappa shape index (κ1) is 17.8. The molecule has 3 aromatic rings. The summed E-state index contributed by atoms with van der Waals surface area (Å²) in [5, 5.41) is 0.764. The lowest BCUT2D eigenvalue weighted by Gasteiger charge is -2.14. The highest BCUT2D eigenvalue weighted by molar-refractivity contribution is 14.1. The minimum Gasteiger partial charge on any atom is -0.497 e. The Bertz CT molecular complexity index is 961. The van der Waals surface area contributed by atoms with Crippen LogP contribution in [0.1, 0.15) is 5.56 Å². The van der Waals surface area contributed by atoms with Crippen molar-refractivity contribution in [2.24, 2.45) is 4.99 Å². The quantitative estimate of drug-likeness (QED) is 0.275. The Morgan fingerprint density at radius 1 is 1.16 bits per heavy atom. The summed E-state index contributed by atoms with van der Waals surface area (Å²) in [5.41, 5.74) is 1.43. The summed E-state index contributed by atoms with van der Waals surface area (Å²) < 4.78 is 48.1. The molecule has 1 aromatic heterocycles. The predicted octanol–water partition coefficient (Wildman–Crippen LogP) is 5.70. The van der Waals surface area contributed by atoms with E-state index in [1.165, 1.54) is 19.4 Å². The Balaban J connectivity index is 2.26. The van der Waals surface area contributed by atoms with Crippen LogP contribution in [0.2, 0.25) is 0 Å². The molecule has 0 saturated heterocycles. The topological polar surface area (TPSA) is 26.5 Å². The van der Waals surface area contributed by atoms with Crippen LogP contribution in [-0.2, 0) is 0 Å². The van der Waals surface area contributed by atoms with Crippen LogP contribution in [0.25, 0.3) is 10.9 Å². The molecule has 0 radical (unpaired) electrons. The number of rotatable bonds is 2. The smallest absolute Gasteiger partial charge is 0.450 e. The molecule has 3 nitrogen and oxygen atoms in total. The molecular formula is C18H14F3IN2O. The van der Waals surface area contributed by atoms with Gasteiger partial charge in [-0.25, -0.2) is 4.99 Å². The molecule has 7 heteroatoms. The molecule has 0 aliphatic heterocycles. The number of hydrogen-bond donors (Lipinski definition) is 0. The molecule has 0 aliphatic carbocycles. The van der Waals surface area contributed by atoms with Crippen molar-refractivity contribution in [1.29, 1.82) is 0 Å². The number of halogens is 4. The fourth-order valence-corrected chi connectivity index (χ4v) is 3.05. The normalized spacial score (nSPS) is 12.6. The summed E-state index contributed by atoms with van der Waals surface area (Å²) in [6.07, 6.45) is -3.15. The number of nitrogens with zero attached hydrogens (tertiary/aromatic N) is 2. The van der Waals surface area contributed by atoms with Crippen molar-refractivity contribution in [3.05, 3.63) is 57.8 Å². The van der Waals surface area contributed by atoms with Crippen LogP contribution < -0.4 is 4.74 Å². The molecule has 0 fully saturated rings. The standard InChI is InChI=1S/C18H14F3IN2O/c1-11-10-24(16-6-4-3-5-13(11)16)17(18(19,20)21)23-15-9-12(25-2)7-8-14(15)22/h3-10H,1-2H3. The number of para-hydroxylation sites is 1. The second-order valence-corrected chi connectivity index (χ2v) is 6.61. The molecule has 0 amide bonds. The van der Waals surface area contributed by atoms with E-state index >= 15 is 0 Å². The Hall–Kier alpha value is -2.03. The fourth-order valence-electron chi connectivity index (χ4n) is 2.60. The predicted molar refractivity (Wildman–Crippen MR) is 101 cm³/mol. The molecule has 25 heavy (non-hydrogen) atoms. The molecule has 2 aromatic carbocycles. The second-order valence-electron chi connectivity index (χ2n) is 5.45. The molecule has 130 valence electrons. The highest BCUT2D eigenvalue weighted by Crippen LogP contribution is 2.31. The maximum Gasteiger partial charge on any atom is 0.450 e. The van der Waals surface area contributed by atoms with Gasteiger partial charge >= 0.3 is 6.18 Å². The second kappa shape index (κ2) is 6.70. The van der Waals surface area contributed by atoms with Crippen LogP contribution in [0.4, 0.5) is 18.9 Å². The summed E-state index contributed by atoms with van der Waals surface area (Å²) >= 11 is 1.96. The number of aliphatic imine (C=N–C) groups is 1. The number of benzene rings is 2. The van der Waals surface area contributed by atoms with Crippen LogP contribution >= 0.6 is 22.6 Å². The minimum absolute atomic E-state index is 0.211. The van der Waals surface area contributed by atoms with Gasteiger partial charge in [-0.15, -0.1) is 0 Å². The van der Waals surface area contributed by atoms with E-state index in [9.17, 15) is 13.2 Å². The molecule has 0 unspecified atom stereocenters. The summed E-state index contributed by atoms with van der Waals surface area (Å²) in [6.45, 7) is 1.78. The van der Waals surface area contributed by atoms with E-state index in [0.717, 1.165) is 15.5 Å². The lowest BCUT2D eigenvalue weighted by Crippen LogP contribution is -2.29. The van der Waals surface area contributed by atoms with Crippen molar-refractivity contribution in [3.63, 3.8) is 0 Å². The SMILES string of the molecule is COc1ccc(I)c(N=C(n2cc(C)c3ccccc32)C(F)(F)F)c1. The third kappa shape index (κ3) is 3.51. The van der Waals surface area contributed by atoms with Crippen molar-refractivity contribution in [1.82, 2.24) is 4.57 Å². The molecular weight excluding hydrogens is 444 g/mol. The van der Waals surface area contributed by atoms with Gasteiger partial charge < -0.3 is 4.74 Å². The monoisotopic (exact) mass is 458 g/mol. The van der Waals surface area contributed by atoms with Crippen LogP contribution in [0.3, 0.4) is 0 Å². The van der Waals surface area contributed by atoms with Gasteiger partial charge in [-0.2, -0.15) is 13.2 Å². The van der Waals surface area contributed by atoms with Gasteiger partial charge in [0, 0.05) is 21.2 Å². The third-order valence-corrected chi connectivity index (χ3v) is 4.68. The Kier molecular flexibility index (Phi) is 4.77. The first-order valence-corrected chi connectivity index (χ1v) is 8.45. The molecule has 3 rings (SSSR count). The van der Waals surface area contributed by atoms with Crippen LogP contribution in [0.15, 0.2) is 53.7 Å². The molecule has 0 atom stereocenters. The van der Waals surface area contributed by atoms with Crippen molar-refractivity contribution < 1.29 is 17.9 Å². The van der Waals surface area contributed by atoms with E-state index in [1.807, 2.05) is 22.6 Å². The maximum absolute atomic E-state index is 13.8. The molecule has 0 N–H and O–H groups in total. The Morgan fingerprint density at radius 2 is 1.88 bits per heavy atom. The van der Waals surface area contributed by atoms with Crippen LogP contribution in [0, 0.1) is 10.5 Å². The maximum atomic E-state index is 13.8. The molecule has 0 bridgehead atoms. The third-order valence-electron chi connectivity index (χ3n) is 3.77. The van der Waals surface area contributed by atoms with Gasteiger partial charge in [-0.3, -0.25) is 4.57 Å². The molecule has 0 saturated carbocycles. The van der Waals surface area contributed by atoms with Crippen molar-refractivity contribution in [2.75, 3.05) is 7.11 Å². The average molecular weight is 458 g/mol.